The van der Waals surface area contributed by atoms with E-state index in [2.05, 4.69) is 10.3 Å². The fourth-order valence-corrected chi connectivity index (χ4v) is 1.67. The van der Waals surface area contributed by atoms with E-state index in [0.717, 1.165) is 11.1 Å². The molecule has 1 heterocycles. The van der Waals surface area contributed by atoms with Gasteiger partial charge in [-0.1, -0.05) is 6.07 Å². The second-order valence-electron chi connectivity index (χ2n) is 4.09. The van der Waals surface area contributed by atoms with Crippen molar-refractivity contribution in [2.75, 3.05) is 5.32 Å². The summed E-state index contributed by atoms with van der Waals surface area (Å²) in [6.07, 6.45) is 3.63. The van der Waals surface area contributed by atoms with Crippen LogP contribution < -0.4 is 5.32 Å². The van der Waals surface area contributed by atoms with Crippen LogP contribution in [0.3, 0.4) is 0 Å². The molecular formula is C14H14N2O2. The number of rotatable bonds is 3. The maximum Gasteiger partial charge on any atom is 0.228 e. The number of amides is 1. The van der Waals surface area contributed by atoms with Crippen LogP contribution in [-0.2, 0) is 11.2 Å². The zero-order chi connectivity index (χ0) is 13.0. The normalized spacial score (nSPS) is 10.1. The predicted octanol–water partition coefficient (Wildman–Crippen LogP) is 2.28. The molecule has 1 aromatic carbocycles. The van der Waals surface area contributed by atoms with Gasteiger partial charge >= 0.3 is 0 Å². The summed E-state index contributed by atoms with van der Waals surface area (Å²) in [5, 5.41) is 12.1. The van der Waals surface area contributed by atoms with Crippen molar-refractivity contribution in [3.63, 3.8) is 0 Å². The fraction of sp³-hybridized carbons (Fsp3) is 0.143. The Hall–Kier alpha value is -2.36. The summed E-state index contributed by atoms with van der Waals surface area (Å²) in [5.74, 6) is 0.0922. The van der Waals surface area contributed by atoms with Gasteiger partial charge in [0.05, 0.1) is 6.42 Å². The van der Waals surface area contributed by atoms with E-state index >= 15 is 0 Å². The monoisotopic (exact) mass is 242 g/mol. The lowest BCUT2D eigenvalue weighted by Gasteiger charge is -2.08. The summed E-state index contributed by atoms with van der Waals surface area (Å²) < 4.78 is 0. The number of phenolic OH excluding ortho intramolecular Hbond substituents is 1. The molecule has 2 aromatic rings. The van der Waals surface area contributed by atoms with Crippen LogP contribution in [0.5, 0.6) is 5.75 Å². The van der Waals surface area contributed by atoms with Gasteiger partial charge in [-0.05, 0) is 42.3 Å². The van der Waals surface area contributed by atoms with Gasteiger partial charge in [-0.3, -0.25) is 9.78 Å². The summed E-state index contributed by atoms with van der Waals surface area (Å²) in [4.78, 5) is 15.8. The van der Waals surface area contributed by atoms with E-state index in [4.69, 9.17) is 0 Å². The van der Waals surface area contributed by atoms with Crippen LogP contribution in [0.4, 0.5) is 5.69 Å². The third kappa shape index (κ3) is 3.07. The Bertz CT molecular complexity index is 553. The highest BCUT2D eigenvalue weighted by atomic mass is 16.3. The number of aromatic nitrogens is 1. The van der Waals surface area contributed by atoms with Crippen molar-refractivity contribution in [3.05, 3.63) is 53.9 Å². The van der Waals surface area contributed by atoms with Gasteiger partial charge in [0.1, 0.15) is 5.75 Å². The third-order valence-electron chi connectivity index (χ3n) is 2.57. The van der Waals surface area contributed by atoms with Gasteiger partial charge < -0.3 is 10.4 Å². The Labute approximate surface area is 105 Å². The smallest absolute Gasteiger partial charge is 0.228 e. The first-order chi connectivity index (χ1) is 8.65. The molecular weight excluding hydrogens is 228 g/mol. The summed E-state index contributed by atoms with van der Waals surface area (Å²) in [5.41, 5.74) is 2.41. The number of pyridine rings is 1. The fourth-order valence-electron chi connectivity index (χ4n) is 1.67. The number of nitrogens with one attached hydrogen (secondary N) is 1. The first kappa shape index (κ1) is 12.1. The minimum Gasteiger partial charge on any atom is -0.508 e. The van der Waals surface area contributed by atoms with Crippen molar-refractivity contribution in [1.29, 1.82) is 0 Å². The van der Waals surface area contributed by atoms with Crippen molar-refractivity contribution < 1.29 is 9.90 Å². The van der Waals surface area contributed by atoms with Crippen molar-refractivity contribution in [2.45, 2.75) is 13.3 Å². The average molecular weight is 242 g/mol. The van der Waals surface area contributed by atoms with Crippen LogP contribution in [-0.4, -0.2) is 16.0 Å². The maximum atomic E-state index is 11.8. The van der Waals surface area contributed by atoms with E-state index < -0.39 is 0 Å². The minimum atomic E-state index is -0.100. The molecule has 0 fully saturated rings. The highest BCUT2D eigenvalue weighted by Gasteiger charge is 2.06. The van der Waals surface area contributed by atoms with Gasteiger partial charge in [-0.2, -0.15) is 0 Å². The summed E-state index contributed by atoms with van der Waals surface area (Å²) in [7, 11) is 0. The molecule has 1 amide bonds. The molecule has 0 unspecified atom stereocenters. The number of aryl methyl sites for hydroxylation is 1. The molecule has 0 aliphatic carbocycles. The molecule has 0 aliphatic heterocycles. The van der Waals surface area contributed by atoms with Gasteiger partial charge in [-0.25, -0.2) is 0 Å². The average Bonchev–Trinajstić information content (AvgIpc) is 2.34. The van der Waals surface area contributed by atoms with Gasteiger partial charge in [0.2, 0.25) is 5.91 Å². The molecule has 92 valence electrons. The molecule has 4 heteroatoms. The molecule has 4 nitrogen and oxygen atoms in total. The Kier molecular flexibility index (Phi) is 3.57. The van der Waals surface area contributed by atoms with Crippen LogP contribution in [0.15, 0.2) is 42.7 Å². The first-order valence-corrected chi connectivity index (χ1v) is 5.63. The first-order valence-electron chi connectivity index (χ1n) is 5.63. The summed E-state index contributed by atoms with van der Waals surface area (Å²) >= 11 is 0. The van der Waals surface area contributed by atoms with Crippen LogP contribution in [0, 0.1) is 6.92 Å². The molecule has 0 saturated heterocycles. The zero-order valence-electron chi connectivity index (χ0n) is 10.1. The molecule has 2 N–H and O–H groups in total. The number of carbonyl (C=O) groups excluding carboxylic acids is 1. The SMILES string of the molecule is Cc1cc(O)ccc1NC(=O)Cc1cccnc1. The number of hydrogen-bond donors (Lipinski definition) is 2. The van der Waals surface area contributed by atoms with Gasteiger partial charge in [0, 0.05) is 18.1 Å². The highest BCUT2D eigenvalue weighted by Crippen LogP contribution is 2.20. The minimum absolute atomic E-state index is 0.100. The number of hydrogen-bond acceptors (Lipinski definition) is 3. The van der Waals surface area contributed by atoms with Crippen molar-refractivity contribution in [2.24, 2.45) is 0 Å². The van der Waals surface area contributed by atoms with Crippen molar-refractivity contribution in [1.82, 2.24) is 4.98 Å². The topological polar surface area (TPSA) is 62.2 Å². The van der Waals surface area contributed by atoms with E-state index in [0.29, 0.717) is 5.69 Å². The lowest BCUT2D eigenvalue weighted by Crippen LogP contribution is -2.15. The maximum absolute atomic E-state index is 11.8. The predicted molar refractivity (Wildman–Crippen MR) is 69.4 cm³/mol. The largest absolute Gasteiger partial charge is 0.508 e. The summed E-state index contributed by atoms with van der Waals surface area (Å²) in [6.45, 7) is 1.83. The quantitative estimate of drug-likeness (QED) is 0.812. The van der Waals surface area contributed by atoms with Crippen LogP contribution in [0.1, 0.15) is 11.1 Å². The lowest BCUT2D eigenvalue weighted by molar-refractivity contribution is -0.115. The number of benzene rings is 1. The lowest BCUT2D eigenvalue weighted by atomic mass is 10.1. The Morgan fingerprint density at radius 3 is 2.89 bits per heavy atom. The molecule has 18 heavy (non-hydrogen) atoms. The number of nitrogens with zero attached hydrogens (tertiary/aromatic N) is 1. The second kappa shape index (κ2) is 5.31. The van der Waals surface area contributed by atoms with E-state index in [1.165, 1.54) is 0 Å². The van der Waals surface area contributed by atoms with Gasteiger partial charge in [0.25, 0.3) is 0 Å². The standard InChI is InChI=1S/C14H14N2O2/c1-10-7-12(17)4-5-13(10)16-14(18)8-11-3-2-6-15-9-11/h2-7,9,17H,8H2,1H3,(H,16,18). The van der Waals surface area contributed by atoms with Crippen LogP contribution >= 0.6 is 0 Å². The number of anilines is 1. The second-order valence-corrected chi connectivity index (χ2v) is 4.09. The van der Waals surface area contributed by atoms with Crippen molar-refractivity contribution in [3.8, 4) is 5.75 Å². The Morgan fingerprint density at radius 1 is 1.39 bits per heavy atom. The molecule has 1 aromatic heterocycles. The molecule has 0 aliphatic rings. The Morgan fingerprint density at radius 2 is 2.22 bits per heavy atom. The molecule has 0 atom stereocenters. The number of phenols is 1. The van der Waals surface area contributed by atoms with Crippen LogP contribution in [0.25, 0.3) is 0 Å². The Balaban J connectivity index is 2.03. The molecule has 0 radical (unpaired) electrons. The molecule has 2 rings (SSSR count). The van der Waals surface area contributed by atoms with Crippen molar-refractivity contribution >= 4 is 11.6 Å². The molecule has 0 saturated carbocycles. The number of aromatic hydroxyl groups is 1. The van der Waals surface area contributed by atoms with E-state index in [9.17, 15) is 9.90 Å². The summed E-state index contributed by atoms with van der Waals surface area (Å²) in [6, 6.07) is 8.50. The van der Waals surface area contributed by atoms with Crippen LogP contribution in [0.2, 0.25) is 0 Å². The zero-order valence-corrected chi connectivity index (χ0v) is 10.1. The van der Waals surface area contributed by atoms with Gasteiger partial charge in [-0.15, -0.1) is 0 Å². The molecule has 0 bridgehead atoms. The highest BCUT2D eigenvalue weighted by molar-refractivity contribution is 5.93. The van der Waals surface area contributed by atoms with E-state index in [1.54, 1.807) is 36.7 Å². The van der Waals surface area contributed by atoms with E-state index in [1.807, 2.05) is 13.0 Å². The number of carbonyl (C=O) groups is 1. The van der Waals surface area contributed by atoms with Gasteiger partial charge in [0.15, 0.2) is 0 Å². The third-order valence-corrected chi connectivity index (χ3v) is 2.57. The molecule has 0 spiro atoms. The van der Waals surface area contributed by atoms with E-state index in [-0.39, 0.29) is 18.1 Å².